The Labute approximate surface area is 75.3 Å². The number of rotatable bonds is 6. The van der Waals surface area contributed by atoms with Gasteiger partial charge in [-0.1, -0.05) is 13.3 Å². The largest absolute Gasteiger partial charge is 0.311 e. The first-order chi connectivity index (χ1) is 5.20. The van der Waals surface area contributed by atoms with Gasteiger partial charge in [0.15, 0.2) is 0 Å². The van der Waals surface area contributed by atoms with Crippen molar-refractivity contribution in [2.24, 2.45) is 0 Å². The first-order valence-electron chi connectivity index (χ1n) is 4.45. The Bertz CT molecular complexity index is 75.6. The maximum atomic E-state index is 3.56. The lowest BCUT2D eigenvalue weighted by atomic mass is 10.2. The van der Waals surface area contributed by atoms with Crippen LogP contribution < -0.4 is 5.32 Å². The average molecular weight is 175 g/mol. The SMILES string of the molecule is CCCC(C)NC(C)CSC. The van der Waals surface area contributed by atoms with Crippen LogP contribution in [0.5, 0.6) is 0 Å². The summed E-state index contributed by atoms with van der Waals surface area (Å²) in [5, 5.41) is 3.56. The summed E-state index contributed by atoms with van der Waals surface area (Å²) >= 11 is 1.91. The summed E-state index contributed by atoms with van der Waals surface area (Å²) in [7, 11) is 0. The van der Waals surface area contributed by atoms with E-state index in [1.165, 1.54) is 18.6 Å². The van der Waals surface area contributed by atoms with E-state index in [1.807, 2.05) is 11.8 Å². The second kappa shape index (κ2) is 6.99. The monoisotopic (exact) mass is 175 g/mol. The highest BCUT2D eigenvalue weighted by Gasteiger charge is 2.04. The van der Waals surface area contributed by atoms with Gasteiger partial charge < -0.3 is 5.32 Å². The predicted octanol–water partition coefficient (Wildman–Crippen LogP) is 2.52. The van der Waals surface area contributed by atoms with Gasteiger partial charge in [0.1, 0.15) is 0 Å². The fourth-order valence-electron chi connectivity index (χ4n) is 1.30. The summed E-state index contributed by atoms with van der Waals surface area (Å²) in [4.78, 5) is 0. The molecule has 2 heteroatoms. The van der Waals surface area contributed by atoms with E-state index in [0.717, 1.165) is 0 Å². The third kappa shape index (κ3) is 6.70. The first kappa shape index (κ1) is 11.3. The van der Waals surface area contributed by atoms with Gasteiger partial charge in [-0.15, -0.1) is 0 Å². The Morgan fingerprint density at radius 1 is 1.27 bits per heavy atom. The van der Waals surface area contributed by atoms with Gasteiger partial charge in [0.25, 0.3) is 0 Å². The Balaban J connectivity index is 3.32. The summed E-state index contributed by atoms with van der Waals surface area (Å²) in [6.45, 7) is 6.75. The van der Waals surface area contributed by atoms with Crippen LogP contribution in [0.3, 0.4) is 0 Å². The molecule has 68 valence electrons. The van der Waals surface area contributed by atoms with E-state index in [4.69, 9.17) is 0 Å². The molecule has 0 heterocycles. The summed E-state index contributed by atoms with van der Waals surface area (Å²) in [6.07, 6.45) is 4.72. The summed E-state index contributed by atoms with van der Waals surface area (Å²) in [6, 6.07) is 1.34. The minimum Gasteiger partial charge on any atom is -0.311 e. The van der Waals surface area contributed by atoms with Crippen LogP contribution in [-0.4, -0.2) is 24.1 Å². The second-order valence-corrected chi connectivity index (χ2v) is 4.12. The average Bonchev–Trinajstić information content (AvgIpc) is 1.87. The standard InChI is InChI=1S/C9H21NS/c1-5-6-8(2)10-9(3)7-11-4/h8-10H,5-7H2,1-4H3. The van der Waals surface area contributed by atoms with E-state index in [0.29, 0.717) is 12.1 Å². The number of hydrogen-bond acceptors (Lipinski definition) is 2. The van der Waals surface area contributed by atoms with Crippen molar-refractivity contribution in [3.63, 3.8) is 0 Å². The zero-order chi connectivity index (χ0) is 8.69. The third-order valence-corrected chi connectivity index (χ3v) is 2.54. The maximum Gasteiger partial charge on any atom is 0.0132 e. The van der Waals surface area contributed by atoms with Crippen LogP contribution in [-0.2, 0) is 0 Å². The highest BCUT2D eigenvalue weighted by Crippen LogP contribution is 2.00. The molecule has 0 aliphatic rings. The predicted molar refractivity (Wildman–Crippen MR) is 55.3 cm³/mol. The van der Waals surface area contributed by atoms with Gasteiger partial charge in [0, 0.05) is 17.8 Å². The molecule has 2 unspecified atom stereocenters. The maximum absolute atomic E-state index is 3.56. The molecule has 11 heavy (non-hydrogen) atoms. The van der Waals surface area contributed by atoms with Gasteiger partial charge in [-0.2, -0.15) is 11.8 Å². The molecule has 0 saturated carbocycles. The molecule has 0 aromatic heterocycles. The number of hydrogen-bond donors (Lipinski definition) is 1. The van der Waals surface area contributed by atoms with Crippen molar-refractivity contribution in [3.05, 3.63) is 0 Å². The van der Waals surface area contributed by atoms with Crippen LogP contribution in [0.2, 0.25) is 0 Å². The van der Waals surface area contributed by atoms with Crippen LogP contribution in [0.25, 0.3) is 0 Å². The Morgan fingerprint density at radius 2 is 1.91 bits per heavy atom. The van der Waals surface area contributed by atoms with Crippen molar-refractivity contribution in [2.45, 2.75) is 45.7 Å². The molecule has 0 bridgehead atoms. The minimum atomic E-state index is 0.659. The van der Waals surface area contributed by atoms with E-state index < -0.39 is 0 Å². The zero-order valence-electron chi connectivity index (χ0n) is 8.18. The smallest absolute Gasteiger partial charge is 0.0132 e. The fraction of sp³-hybridized carbons (Fsp3) is 1.00. The molecule has 0 amide bonds. The Morgan fingerprint density at radius 3 is 2.36 bits per heavy atom. The van der Waals surface area contributed by atoms with E-state index >= 15 is 0 Å². The highest BCUT2D eigenvalue weighted by atomic mass is 32.2. The molecule has 0 aromatic carbocycles. The van der Waals surface area contributed by atoms with Crippen LogP contribution in [0, 0.1) is 0 Å². The third-order valence-electron chi connectivity index (χ3n) is 1.71. The summed E-state index contributed by atoms with van der Waals surface area (Å²) < 4.78 is 0. The van der Waals surface area contributed by atoms with Crippen molar-refractivity contribution >= 4 is 11.8 Å². The fourth-order valence-corrected chi connectivity index (χ4v) is 1.90. The van der Waals surface area contributed by atoms with E-state index in [-0.39, 0.29) is 0 Å². The van der Waals surface area contributed by atoms with Gasteiger partial charge in [-0.05, 0) is 26.5 Å². The molecular formula is C9H21NS. The van der Waals surface area contributed by atoms with Gasteiger partial charge in [0.05, 0.1) is 0 Å². The lowest BCUT2D eigenvalue weighted by Crippen LogP contribution is -2.35. The topological polar surface area (TPSA) is 12.0 Å². The van der Waals surface area contributed by atoms with Gasteiger partial charge in [-0.3, -0.25) is 0 Å². The van der Waals surface area contributed by atoms with E-state index in [9.17, 15) is 0 Å². The Hall–Kier alpha value is 0.310. The molecule has 0 fully saturated rings. The zero-order valence-corrected chi connectivity index (χ0v) is 9.00. The molecule has 0 spiro atoms. The Kier molecular flexibility index (Phi) is 7.18. The van der Waals surface area contributed by atoms with E-state index in [1.54, 1.807) is 0 Å². The van der Waals surface area contributed by atoms with Crippen LogP contribution in [0.15, 0.2) is 0 Å². The quantitative estimate of drug-likeness (QED) is 0.666. The highest BCUT2D eigenvalue weighted by molar-refractivity contribution is 7.98. The van der Waals surface area contributed by atoms with Crippen molar-refractivity contribution in [1.82, 2.24) is 5.32 Å². The van der Waals surface area contributed by atoms with E-state index in [2.05, 4.69) is 32.3 Å². The summed E-state index contributed by atoms with van der Waals surface area (Å²) in [5.41, 5.74) is 0. The van der Waals surface area contributed by atoms with Crippen molar-refractivity contribution < 1.29 is 0 Å². The van der Waals surface area contributed by atoms with Gasteiger partial charge in [0.2, 0.25) is 0 Å². The number of nitrogens with one attached hydrogen (secondary N) is 1. The lowest BCUT2D eigenvalue weighted by Gasteiger charge is -2.18. The minimum absolute atomic E-state index is 0.659. The molecule has 0 saturated heterocycles. The van der Waals surface area contributed by atoms with Crippen molar-refractivity contribution in [3.8, 4) is 0 Å². The normalized spacial score (nSPS) is 16.4. The second-order valence-electron chi connectivity index (χ2n) is 3.21. The van der Waals surface area contributed by atoms with Gasteiger partial charge in [-0.25, -0.2) is 0 Å². The van der Waals surface area contributed by atoms with Crippen LogP contribution in [0.4, 0.5) is 0 Å². The molecule has 0 aliphatic carbocycles. The van der Waals surface area contributed by atoms with Crippen LogP contribution >= 0.6 is 11.8 Å². The van der Waals surface area contributed by atoms with Crippen molar-refractivity contribution in [2.75, 3.05) is 12.0 Å². The van der Waals surface area contributed by atoms with Gasteiger partial charge >= 0.3 is 0 Å². The molecule has 2 atom stereocenters. The molecular weight excluding hydrogens is 154 g/mol. The molecule has 0 rings (SSSR count). The lowest BCUT2D eigenvalue weighted by molar-refractivity contribution is 0.465. The van der Waals surface area contributed by atoms with Crippen LogP contribution in [0.1, 0.15) is 33.6 Å². The molecule has 1 nitrogen and oxygen atoms in total. The van der Waals surface area contributed by atoms with Crippen molar-refractivity contribution in [1.29, 1.82) is 0 Å². The number of thioether (sulfide) groups is 1. The molecule has 0 aliphatic heterocycles. The molecule has 0 radical (unpaired) electrons. The molecule has 0 aromatic rings. The molecule has 1 N–H and O–H groups in total. The summed E-state index contributed by atoms with van der Waals surface area (Å²) in [5.74, 6) is 1.22. The first-order valence-corrected chi connectivity index (χ1v) is 5.85.